The van der Waals surface area contributed by atoms with E-state index in [1.807, 2.05) is 0 Å². The van der Waals surface area contributed by atoms with Crippen LogP contribution < -0.4 is 0 Å². The van der Waals surface area contributed by atoms with Gasteiger partial charge in [0.15, 0.2) is 0 Å². The minimum Gasteiger partial charge on any atom is -0.0616 e. The van der Waals surface area contributed by atoms with Gasteiger partial charge < -0.3 is 0 Å². The fraction of sp³-hybridized carbons (Fsp3) is 0.167. The van der Waals surface area contributed by atoms with Crippen molar-refractivity contribution in [3.05, 3.63) is 48.0 Å². The zero-order chi connectivity index (χ0) is 8.39. The molecule has 0 heterocycles. The van der Waals surface area contributed by atoms with E-state index in [4.69, 9.17) is 0 Å². The second-order valence-corrected chi connectivity index (χ2v) is 2.99. The summed E-state index contributed by atoms with van der Waals surface area (Å²) in [7, 11) is 0. The van der Waals surface area contributed by atoms with E-state index in [9.17, 15) is 0 Å². The molecular weight excluding hydrogens is 167 g/mol. The molecule has 0 nitrogen and oxygen atoms in total. The minimum absolute atomic E-state index is 0. The van der Waals surface area contributed by atoms with Gasteiger partial charge in [-0.2, -0.15) is 0 Å². The SMILES string of the molecule is CCc1cccc2ccccc12.[Na]. The van der Waals surface area contributed by atoms with Gasteiger partial charge in [-0.1, -0.05) is 49.4 Å². The molecule has 13 heavy (non-hydrogen) atoms. The number of rotatable bonds is 1. The number of hydrogen-bond acceptors (Lipinski definition) is 0. The quantitative estimate of drug-likeness (QED) is 0.590. The molecule has 1 heteroatoms. The van der Waals surface area contributed by atoms with Crippen LogP contribution in [0, 0.1) is 0 Å². The molecule has 2 aromatic rings. The van der Waals surface area contributed by atoms with E-state index in [0.29, 0.717) is 0 Å². The molecule has 0 atom stereocenters. The normalized spacial score (nSPS) is 9.62. The second kappa shape index (κ2) is 4.80. The van der Waals surface area contributed by atoms with E-state index in [-0.39, 0.29) is 29.6 Å². The maximum atomic E-state index is 2.20. The van der Waals surface area contributed by atoms with Crippen LogP contribution in [-0.2, 0) is 6.42 Å². The molecule has 0 aliphatic carbocycles. The first kappa shape index (κ1) is 10.8. The van der Waals surface area contributed by atoms with Gasteiger partial charge >= 0.3 is 0 Å². The third kappa shape index (κ3) is 2.14. The molecule has 0 spiro atoms. The summed E-state index contributed by atoms with van der Waals surface area (Å²) < 4.78 is 0. The van der Waals surface area contributed by atoms with Crippen molar-refractivity contribution in [3.63, 3.8) is 0 Å². The molecule has 0 N–H and O–H groups in total. The van der Waals surface area contributed by atoms with Crippen molar-refractivity contribution < 1.29 is 0 Å². The molecule has 0 amide bonds. The van der Waals surface area contributed by atoms with Crippen molar-refractivity contribution in [2.24, 2.45) is 0 Å². The number of aryl methyl sites for hydroxylation is 1. The first-order valence-corrected chi connectivity index (χ1v) is 4.38. The van der Waals surface area contributed by atoms with Crippen molar-refractivity contribution in [1.82, 2.24) is 0 Å². The maximum Gasteiger partial charge on any atom is 0 e. The summed E-state index contributed by atoms with van der Waals surface area (Å²) in [6, 6.07) is 15.0. The number of fused-ring (bicyclic) bond motifs is 1. The summed E-state index contributed by atoms with van der Waals surface area (Å²) >= 11 is 0. The Morgan fingerprint density at radius 3 is 2.38 bits per heavy atom. The van der Waals surface area contributed by atoms with E-state index in [2.05, 4.69) is 49.4 Å². The van der Waals surface area contributed by atoms with E-state index in [1.54, 1.807) is 0 Å². The van der Waals surface area contributed by atoms with Gasteiger partial charge in [0.1, 0.15) is 0 Å². The van der Waals surface area contributed by atoms with Crippen LogP contribution in [0.1, 0.15) is 12.5 Å². The fourth-order valence-corrected chi connectivity index (χ4v) is 1.60. The van der Waals surface area contributed by atoms with Gasteiger partial charge in [-0.05, 0) is 22.8 Å². The van der Waals surface area contributed by atoms with Crippen molar-refractivity contribution in [2.75, 3.05) is 0 Å². The molecule has 0 bridgehead atoms. The third-order valence-electron chi connectivity index (χ3n) is 2.26. The van der Waals surface area contributed by atoms with Crippen LogP contribution in [0.4, 0.5) is 0 Å². The zero-order valence-electron chi connectivity index (χ0n) is 8.25. The van der Waals surface area contributed by atoms with Gasteiger partial charge in [0.05, 0.1) is 0 Å². The van der Waals surface area contributed by atoms with Gasteiger partial charge in [0.25, 0.3) is 0 Å². The van der Waals surface area contributed by atoms with Gasteiger partial charge in [-0.25, -0.2) is 0 Å². The van der Waals surface area contributed by atoms with E-state index in [0.717, 1.165) is 6.42 Å². The Hall–Kier alpha value is -0.300. The predicted octanol–water partition coefficient (Wildman–Crippen LogP) is 3.02. The van der Waals surface area contributed by atoms with Crippen molar-refractivity contribution >= 4 is 40.3 Å². The summed E-state index contributed by atoms with van der Waals surface area (Å²) in [5, 5.41) is 2.74. The Morgan fingerprint density at radius 2 is 1.62 bits per heavy atom. The Kier molecular flexibility index (Phi) is 3.98. The van der Waals surface area contributed by atoms with E-state index < -0.39 is 0 Å². The Labute approximate surface area is 101 Å². The smallest absolute Gasteiger partial charge is 0 e. The molecule has 1 radical (unpaired) electrons. The second-order valence-electron chi connectivity index (χ2n) is 2.99. The molecule has 2 aromatic carbocycles. The Bertz CT molecular complexity index is 388. The summed E-state index contributed by atoms with van der Waals surface area (Å²) in [5.74, 6) is 0. The largest absolute Gasteiger partial charge is 0.0616 e. The van der Waals surface area contributed by atoms with E-state index >= 15 is 0 Å². The minimum atomic E-state index is 0. The number of hydrogen-bond donors (Lipinski definition) is 0. The molecule has 2 rings (SSSR count). The van der Waals surface area contributed by atoms with Crippen LogP contribution in [0.5, 0.6) is 0 Å². The van der Waals surface area contributed by atoms with Gasteiger partial charge in [-0.3, -0.25) is 0 Å². The average Bonchev–Trinajstić information content (AvgIpc) is 2.17. The molecule has 0 unspecified atom stereocenters. The van der Waals surface area contributed by atoms with Crippen LogP contribution in [0.25, 0.3) is 10.8 Å². The molecule has 0 saturated carbocycles. The third-order valence-corrected chi connectivity index (χ3v) is 2.26. The Morgan fingerprint density at radius 1 is 0.923 bits per heavy atom. The van der Waals surface area contributed by atoms with E-state index in [1.165, 1.54) is 16.3 Å². The van der Waals surface area contributed by atoms with Crippen LogP contribution >= 0.6 is 0 Å². The molecule has 61 valence electrons. The monoisotopic (exact) mass is 179 g/mol. The van der Waals surface area contributed by atoms with Crippen LogP contribution in [0.2, 0.25) is 0 Å². The van der Waals surface area contributed by atoms with Crippen molar-refractivity contribution in [2.45, 2.75) is 13.3 Å². The summed E-state index contributed by atoms with van der Waals surface area (Å²) in [6.45, 7) is 2.20. The summed E-state index contributed by atoms with van der Waals surface area (Å²) in [6.07, 6.45) is 1.11. The van der Waals surface area contributed by atoms with Crippen LogP contribution in [0.3, 0.4) is 0 Å². The predicted molar refractivity (Wildman–Crippen MR) is 59.1 cm³/mol. The molecule has 0 aliphatic heterocycles. The first-order valence-electron chi connectivity index (χ1n) is 4.38. The van der Waals surface area contributed by atoms with Gasteiger partial charge in [0.2, 0.25) is 0 Å². The first-order chi connectivity index (χ1) is 5.92. The number of benzene rings is 2. The zero-order valence-corrected chi connectivity index (χ0v) is 10.2. The maximum absolute atomic E-state index is 2.20. The van der Waals surface area contributed by atoms with Crippen molar-refractivity contribution in [3.8, 4) is 0 Å². The fourth-order valence-electron chi connectivity index (χ4n) is 1.60. The average molecular weight is 179 g/mol. The van der Waals surface area contributed by atoms with Crippen LogP contribution in [0.15, 0.2) is 42.5 Å². The van der Waals surface area contributed by atoms with Gasteiger partial charge in [0, 0.05) is 29.6 Å². The van der Waals surface area contributed by atoms with Crippen molar-refractivity contribution in [1.29, 1.82) is 0 Å². The summed E-state index contributed by atoms with van der Waals surface area (Å²) in [4.78, 5) is 0. The Balaban J connectivity index is 0.000000845. The molecule has 0 aliphatic rings. The topological polar surface area (TPSA) is 0 Å². The molecule has 0 aromatic heterocycles. The van der Waals surface area contributed by atoms with Gasteiger partial charge in [-0.15, -0.1) is 0 Å². The van der Waals surface area contributed by atoms with Crippen LogP contribution in [-0.4, -0.2) is 29.6 Å². The standard InChI is InChI=1S/C12H12.Na/c1-2-10-7-5-8-11-6-3-4-9-12(10)11;/h3-9H,2H2,1H3;. The molecular formula is C12H12Na. The molecule has 0 fully saturated rings. The summed E-state index contributed by atoms with van der Waals surface area (Å²) in [5.41, 5.74) is 1.44. The molecule has 0 saturated heterocycles.